The molecule has 8 nitrogen and oxygen atoms in total. The average Bonchev–Trinajstić information content (AvgIpc) is 3.44. The lowest BCUT2D eigenvalue weighted by atomic mass is 10.1. The van der Waals surface area contributed by atoms with E-state index in [1.807, 2.05) is 54.6 Å². The summed E-state index contributed by atoms with van der Waals surface area (Å²) >= 11 is 0. The highest BCUT2D eigenvalue weighted by Gasteiger charge is 2.34. The van der Waals surface area contributed by atoms with Gasteiger partial charge in [-0.25, -0.2) is 0 Å². The molecule has 188 valence electrons. The maximum absolute atomic E-state index is 12.7. The molecule has 0 unspecified atom stereocenters. The number of nitrogens with zero attached hydrogens (tertiary/aromatic N) is 2. The molecule has 0 spiro atoms. The second-order valence-corrected chi connectivity index (χ2v) is 9.36. The fraction of sp³-hybridized carbons (Fsp3) is 0.481. The Morgan fingerprint density at radius 3 is 2.37 bits per heavy atom. The van der Waals surface area contributed by atoms with Crippen LogP contribution in [0.15, 0.2) is 54.6 Å². The summed E-state index contributed by atoms with van der Waals surface area (Å²) < 4.78 is 5.90. The Kier molecular flexibility index (Phi) is 8.60. The van der Waals surface area contributed by atoms with E-state index < -0.39 is 24.0 Å². The zero-order valence-electron chi connectivity index (χ0n) is 20.0. The third-order valence-electron chi connectivity index (χ3n) is 6.86. The van der Waals surface area contributed by atoms with E-state index in [-0.39, 0.29) is 6.54 Å². The topological polar surface area (TPSA) is 102 Å². The normalized spacial score (nSPS) is 18.2. The molecule has 4 rings (SSSR count). The molecule has 1 aliphatic carbocycles. The summed E-state index contributed by atoms with van der Waals surface area (Å²) in [4.78, 5) is 28.8. The van der Waals surface area contributed by atoms with Gasteiger partial charge < -0.3 is 30.1 Å². The number of carbonyl (C=O) groups excluding carboxylic acids is 2. The second-order valence-electron chi connectivity index (χ2n) is 9.36. The van der Waals surface area contributed by atoms with Crippen molar-refractivity contribution in [3.8, 4) is 5.75 Å². The number of nitrogens with one attached hydrogen (secondary N) is 1. The minimum atomic E-state index is -1.84. The van der Waals surface area contributed by atoms with Crippen molar-refractivity contribution in [2.45, 2.75) is 44.4 Å². The predicted octanol–water partition coefficient (Wildman–Crippen LogP) is 1.94. The van der Waals surface area contributed by atoms with Gasteiger partial charge in [0.15, 0.2) is 12.2 Å². The summed E-state index contributed by atoms with van der Waals surface area (Å²) in [6, 6.07) is 17.4. The summed E-state index contributed by atoms with van der Waals surface area (Å²) in [6.45, 7) is 2.91. The van der Waals surface area contributed by atoms with Gasteiger partial charge in [0, 0.05) is 38.4 Å². The lowest BCUT2D eigenvalue weighted by Gasteiger charge is -2.37. The molecule has 3 N–H and O–H groups in total. The molecule has 2 aromatic rings. The highest BCUT2D eigenvalue weighted by Crippen LogP contribution is 2.26. The number of piperazine rings is 1. The second kappa shape index (κ2) is 12.0. The van der Waals surface area contributed by atoms with E-state index in [1.54, 1.807) is 0 Å². The third kappa shape index (κ3) is 6.74. The Balaban J connectivity index is 1.22. The van der Waals surface area contributed by atoms with Gasteiger partial charge in [0.25, 0.3) is 11.8 Å². The number of aliphatic hydroxyl groups excluding tert-OH is 2. The molecule has 1 aliphatic heterocycles. The lowest BCUT2D eigenvalue weighted by molar-refractivity contribution is -0.153. The molecule has 2 aromatic carbocycles. The standard InChI is InChI=1S/C27H35N3O5/c31-24(25(32)27(34)30-15-13-29(14-16-30)22-10-2-1-3-11-22)26(33)28-18-21-9-6-12-23(17-21)35-19-20-7-4-5-8-20/h1-3,6,9-12,17,20,24-25,31-32H,4-5,7-8,13-16,18-19H2,(H,28,33)/t24-,25-/m1/s1. The number of rotatable bonds is 9. The van der Waals surface area contributed by atoms with Crippen molar-refractivity contribution in [3.63, 3.8) is 0 Å². The molecular weight excluding hydrogens is 446 g/mol. The van der Waals surface area contributed by atoms with Crippen LogP contribution in [0.2, 0.25) is 0 Å². The lowest BCUT2D eigenvalue weighted by Crippen LogP contribution is -2.55. The molecule has 0 aromatic heterocycles. The van der Waals surface area contributed by atoms with Gasteiger partial charge in [-0.1, -0.05) is 43.2 Å². The SMILES string of the molecule is O=C(NCc1cccc(OCC2CCCC2)c1)[C@H](O)[C@@H](O)C(=O)N1CCN(c2ccccc2)CC1. The van der Waals surface area contributed by atoms with Crippen LogP contribution in [0.25, 0.3) is 0 Å². The molecule has 1 saturated heterocycles. The number of carbonyl (C=O) groups is 2. The van der Waals surface area contributed by atoms with Crippen LogP contribution in [0, 0.1) is 5.92 Å². The van der Waals surface area contributed by atoms with Crippen molar-refractivity contribution in [1.29, 1.82) is 0 Å². The molecular formula is C27H35N3O5. The van der Waals surface area contributed by atoms with Gasteiger partial charge in [-0.3, -0.25) is 9.59 Å². The van der Waals surface area contributed by atoms with Crippen LogP contribution in [-0.2, 0) is 16.1 Å². The smallest absolute Gasteiger partial charge is 0.254 e. The fourth-order valence-electron chi connectivity index (χ4n) is 4.72. The molecule has 2 amide bonds. The van der Waals surface area contributed by atoms with E-state index in [0.29, 0.717) is 38.7 Å². The maximum atomic E-state index is 12.7. The van der Waals surface area contributed by atoms with Gasteiger partial charge >= 0.3 is 0 Å². The van der Waals surface area contributed by atoms with E-state index in [0.717, 1.165) is 17.0 Å². The van der Waals surface area contributed by atoms with Gasteiger partial charge in [0.05, 0.1) is 6.61 Å². The van der Waals surface area contributed by atoms with Gasteiger partial charge in [-0.2, -0.15) is 0 Å². The zero-order chi connectivity index (χ0) is 24.6. The molecule has 2 atom stereocenters. The minimum absolute atomic E-state index is 0.160. The van der Waals surface area contributed by atoms with E-state index in [4.69, 9.17) is 4.74 Å². The quantitative estimate of drug-likeness (QED) is 0.506. The van der Waals surface area contributed by atoms with Crippen LogP contribution in [0.3, 0.4) is 0 Å². The number of ether oxygens (including phenoxy) is 1. The number of aliphatic hydroxyl groups is 2. The number of anilines is 1. The first kappa shape index (κ1) is 25.0. The molecule has 35 heavy (non-hydrogen) atoms. The maximum Gasteiger partial charge on any atom is 0.254 e. The van der Waals surface area contributed by atoms with E-state index in [2.05, 4.69) is 10.2 Å². The van der Waals surface area contributed by atoms with Crippen LogP contribution < -0.4 is 15.0 Å². The predicted molar refractivity (Wildman–Crippen MR) is 133 cm³/mol. The Hall–Kier alpha value is -3.10. The number of amides is 2. The van der Waals surface area contributed by atoms with Crippen LogP contribution >= 0.6 is 0 Å². The van der Waals surface area contributed by atoms with Crippen molar-refractivity contribution < 1.29 is 24.5 Å². The molecule has 0 radical (unpaired) electrons. The van der Waals surface area contributed by atoms with Crippen molar-refractivity contribution >= 4 is 17.5 Å². The van der Waals surface area contributed by atoms with Gasteiger partial charge in [-0.05, 0) is 48.6 Å². The Labute approximate surface area is 206 Å². The highest BCUT2D eigenvalue weighted by atomic mass is 16.5. The van der Waals surface area contributed by atoms with E-state index in [1.165, 1.54) is 30.6 Å². The van der Waals surface area contributed by atoms with Crippen molar-refractivity contribution in [2.75, 3.05) is 37.7 Å². The number of hydrogen-bond donors (Lipinski definition) is 3. The van der Waals surface area contributed by atoms with E-state index in [9.17, 15) is 19.8 Å². The first-order valence-corrected chi connectivity index (χ1v) is 12.5. The summed E-state index contributed by atoms with van der Waals surface area (Å²) in [5.41, 5.74) is 1.89. The van der Waals surface area contributed by atoms with Crippen LogP contribution in [-0.4, -0.2) is 71.9 Å². The Morgan fingerprint density at radius 1 is 0.943 bits per heavy atom. The summed E-state index contributed by atoms with van der Waals surface area (Å²) in [6.07, 6.45) is 1.30. The number of para-hydroxylation sites is 1. The molecule has 1 saturated carbocycles. The van der Waals surface area contributed by atoms with Crippen LogP contribution in [0.4, 0.5) is 5.69 Å². The molecule has 2 fully saturated rings. The summed E-state index contributed by atoms with van der Waals surface area (Å²) in [7, 11) is 0. The zero-order valence-corrected chi connectivity index (χ0v) is 20.0. The first-order valence-electron chi connectivity index (χ1n) is 12.5. The van der Waals surface area contributed by atoms with Gasteiger partial charge in [0.1, 0.15) is 5.75 Å². The average molecular weight is 482 g/mol. The molecule has 8 heteroatoms. The fourth-order valence-corrected chi connectivity index (χ4v) is 4.72. The van der Waals surface area contributed by atoms with Crippen molar-refractivity contribution in [2.24, 2.45) is 5.92 Å². The molecule has 1 heterocycles. The largest absolute Gasteiger partial charge is 0.493 e. The monoisotopic (exact) mass is 481 g/mol. The number of hydrogen-bond acceptors (Lipinski definition) is 6. The van der Waals surface area contributed by atoms with E-state index >= 15 is 0 Å². The van der Waals surface area contributed by atoms with Crippen molar-refractivity contribution in [1.82, 2.24) is 10.2 Å². The molecule has 0 bridgehead atoms. The van der Waals surface area contributed by atoms with Crippen LogP contribution in [0.5, 0.6) is 5.75 Å². The summed E-state index contributed by atoms with van der Waals surface area (Å²) in [5, 5.41) is 23.3. The summed E-state index contributed by atoms with van der Waals surface area (Å²) in [5.74, 6) is -0.0726. The first-order chi connectivity index (χ1) is 17.0. The number of benzene rings is 2. The van der Waals surface area contributed by atoms with Crippen LogP contribution in [0.1, 0.15) is 31.2 Å². The Bertz CT molecular complexity index is 972. The third-order valence-corrected chi connectivity index (χ3v) is 6.86. The van der Waals surface area contributed by atoms with Crippen molar-refractivity contribution in [3.05, 3.63) is 60.2 Å². The molecule has 2 aliphatic rings. The van der Waals surface area contributed by atoms with Gasteiger partial charge in [0.2, 0.25) is 0 Å². The minimum Gasteiger partial charge on any atom is -0.493 e. The highest BCUT2D eigenvalue weighted by molar-refractivity contribution is 5.90. The Morgan fingerprint density at radius 2 is 1.66 bits per heavy atom. The van der Waals surface area contributed by atoms with Gasteiger partial charge in [-0.15, -0.1) is 0 Å².